The minimum Gasteiger partial charge on any atom is -0.0622 e. The molecule has 0 heterocycles. The average Bonchev–Trinajstić information content (AvgIpc) is 3.19. The molecule has 4 rings (SSSR count). The van der Waals surface area contributed by atoms with Gasteiger partial charge in [-0.1, -0.05) is 106 Å². The molecule has 2 aliphatic carbocycles. The van der Waals surface area contributed by atoms with Crippen LogP contribution in [0.1, 0.15) is 58.3 Å². The second-order valence-corrected chi connectivity index (χ2v) is 10.9. The molecular weight excluding hydrogens is 331 g/mol. The Balaban J connectivity index is 1.64. The molecule has 0 saturated heterocycles. The second-order valence-electron chi connectivity index (χ2n) is 8.46. The molecule has 0 aliphatic heterocycles. The highest BCUT2D eigenvalue weighted by molar-refractivity contribution is 7.73. The van der Waals surface area contributed by atoms with E-state index < -0.39 is 0 Å². The Bertz CT molecular complexity index is 620. The van der Waals surface area contributed by atoms with Crippen LogP contribution in [0.4, 0.5) is 0 Å². The number of rotatable bonds is 5. The van der Waals surface area contributed by atoms with Crippen molar-refractivity contribution in [1.29, 1.82) is 0 Å². The van der Waals surface area contributed by atoms with Crippen LogP contribution in [0, 0.1) is 17.8 Å². The number of benzene rings is 2. The van der Waals surface area contributed by atoms with E-state index in [4.69, 9.17) is 0 Å². The van der Waals surface area contributed by atoms with Crippen molar-refractivity contribution in [1.82, 2.24) is 0 Å². The summed E-state index contributed by atoms with van der Waals surface area (Å²) in [7, 11) is -0.245. The molecule has 0 spiro atoms. The summed E-state index contributed by atoms with van der Waals surface area (Å²) >= 11 is 0. The highest BCUT2D eigenvalue weighted by Crippen LogP contribution is 2.54. The van der Waals surface area contributed by atoms with E-state index in [2.05, 4.69) is 67.6 Å². The molecule has 0 aromatic heterocycles. The van der Waals surface area contributed by atoms with Crippen LogP contribution in [-0.4, -0.2) is 5.66 Å². The van der Waals surface area contributed by atoms with Gasteiger partial charge in [0.05, 0.1) is 0 Å². The summed E-state index contributed by atoms with van der Waals surface area (Å²) in [5, 5.41) is 3.17. The van der Waals surface area contributed by atoms with Crippen molar-refractivity contribution >= 4 is 18.5 Å². The first kappa shape index (κ1) is 18.2. The fourth-order valence-corrected chi connectivity index (χ4v) is 8.92. The summed E-state index contributed by atoms with van der Waals surface area (Å²) in [4.78, 5) is 0. The van der Waals surface area contributed by atoms with Gasteiger partial charge in [0.2, 0.25) is 0 Å². The van der Waals surface area contributed by atoms with Gasteiger partial charge in [0.15, 0.2) is 0 Å². The van der Waals surface area contributed by atoms with Crippen molar-refractivity contribution in [3.05, 3.63) is 60.7 Å². The normalized spacial score (nSPS) is 25.5. The SMILES string of the molecule is C[C@@H](C1CCCCC1)C1CCCC1P(c1ccccc1)c1ccccc1. The number of hydrogen-bond acceptors (Lipinski definition) is 0. The Morgan fingerprint density at radius 1 is 0.692 bits per heavy atom. The van der Waals surface area contributed by atoms with Gasteiger partial charge in [-0.2, -0.15) is 0 Å². The summed E-state index contributed by atoms with van der Waals surface area (Å²) < 4.78 is 0. The van der Waals surface area contributed by atoms with E-state index in [1.807, 2.05) is 0 Å². The van der Waals surface area contributed by atoms with Gasteiger partial charge in [-0.05, 0) is 54.8 Å². The molecule has 2 saturated carbocycles. The monoisotopic (exact) mass is 364 g/mol. The largest absolute Gasteiger partial charge is 0.0622 e. The molecule has 138 valence electrons. The summed E-state index contributed by atoms with van der Waals surface area (Å²) in [6.07, 6.45) is 11.7. The first-order chi connectivity index (χ1) is 12.8. The minimum atomic E-state index is -0.245. The topological polar surface area (TPSA) is 0 Å². The third-order valence-corrected chi connectivity index (χ3v) is 10.0. The van der Waals surface area contributed by atoms with Crippen LogP contribution in [0.3, 0.4) is 0 Å². The van der Waals surface area contributed by atoms with Crippen molar-refractivity contribution in [2.75, 3.05) is 0 Å². The molecule has 2 aliphatic rings. The van der Waals surface area contributed by atoms with Crippen LogP contribution < -0.4 is 10.6 Å². The smallest absolute Gasteiger partial charge is 0.00978 e. The molecule has 2 aromatic rings. The van der Waals surface area contributed by atoms with Crippen molar-refractivity contribution in [3.8, 4) is 0 Å². The van der Waals surface area contributed by atoms with Gasteiger partial charge >= 0.3 is 0 Å². The highest BCUT2D eigenvalue weighted by atomic mass is 31.1. The first-order valence-electron chi connectivity index (χ1n) is 10.7. The highest BCUT2D eigenvalue weighted by Gasteiger charge is 2.40. The van der Waals surface area contributed by atoms with Crippen molar-refractivity contribution < 1.29 is 0 Å². The van der Waals surface area contributed by atoms with Gasteiger partial charge in [0.25, 0.3) is 0 Å². The molecule has 0 nitrogen and oxygen atoms in total. The van der Waals surface area contributed by atoms with Crippen LogP contribution in [0.15, 0.2) is 60.7 Å². The zero-order chi connectivity index (χ0) is 17.8. The van der Waals surface area contributed by atoms with Crippen LogP contribution in [0.5, 0.6) is 0 Å². The molecule has 0 N–H and O–H groups in total. The molecule has 2 fully saturated rings. The van der Waals surface area contributed by atoms with Crippen LogP contribution >= 0.6 is 7.92 Å². The van der Waals surface area contributed by atoms with Crippen molar-refractivity contribution in [3.63, 3.8) is 0 Å². The molecule has 2 unspecified atom stereocenters. The quantitative estimate of drug-likeness (QED) is 0.531. The lowest BCUT2D eigenvalue weighted by Crippen LogP contribution is -2.31. The predicted molar refractivity (Wildman–Crippen MR) is 116 cm³/mol. The molecule has 0 radical (unpaired) electrons. The third-order valence-electron chi connectivity index (χ3n) is 7.00. The Hall–Kier alpha value is -1.13. The zero-order valence-corrected chi connectivity index (χ0v) is 17.1. The molecule has 2 aromatic carbocycles. The van der Waals surface area contributed by atoms with Gasteiger partial charge in [-0.25, -0.2) is 0 Å². The summed E-state index contributed by atoms with van der Waals surface area (Å²) in [5.74, 6) is 2.81. The van der Waals surface area contributed by atoms with Gasteiger partial charge in [-0.3, -0.25) is 0 Å². The molecular formula is C25H33P. The lowest BCUT2D eigenvalue weighted by Gasteiger charge is -2.38. The maximum absolute atomic E-state index is 2.60. The molecule has 26 heavy (non-hydrogen) atoms. The molecule has 1 heteroatoms. The molecule has 3 atom stereocenters. The average molecular weight is 365 g/mol. The van der Waals surface area contributed by atoms with Crippen LogP contribution in [-0.2, 0) is 0 Å². The molecule has 0 bridgehead atoms. The summed E-state index contributed by atoms with van der Waals surface area (Å²) in [6, 6.07) is 22.8. The maximum atomic E-state index is 2.60. The number of hydrogen-bond donors (Lipinski definition) is 0. The van der Waals surface area contributed by atoms with E-state index in [0.29, 0.717) is 0 Å². The van der Waals surface area contributed by atoms with Crippen LogP contribution in [0.25, 0.3) is 0 Å². The first-order valence-corrected chi connectivity index (χ1v) is 12.1. The van der Waals surface area contributed by atoms with Gasteiger partial charge in [0, 0.05) is 0 Å². The second kappa shape index (κ2) is 8.71. The summed E-state index contributed by atoms with van der Waals surface area (Å²) in [6.45, 7) is 2.60. The van der Waals surface area contributed by atoms with E-state index in [1.54, 1.807) is 10.6 Å². The lowest BCUT2D eigenvalue weighted by molar-refractivity contribution is 0.198. The Labute approximate surface area is 161 Å². The fraction of sp³-hybridized carbons (Fsp3) is 0.520. The summed E-state index contributed by atoms with van der Waals surface area (Å²) in [5.41, 5.74) is 0.867. The van der Waals surface area contributed by atoms with E-state index in [-0.39, 0.29) is 7.92 Å². The standard InChI is InChI=1S/C25H33P/c1-20(21-12-5-2-6-13-21)24-18-11-19-25(24)26(22-14-7-3-8-15-22)23-16-9-4-10-17-23/h3-4,7-10,14-17,20-21,24-25H,2,5-6,11-13,18-19H2,1H3/t20-,24?,25?/m0/s1. The zero-order valence-electron chi connectivity index (χ0n) is 16.2. The van der Waals surface area contributed by atoms with Gasteiger partial charge < -0.3 is 0 Å². The Morgan fingerprint density at radius 2 is 1.27 bits per heavy atom. The Morgan fingerprint density at radius 3 is 1.85 bits per heavy atom. The minimum absolute atomic E-state index is 0.245. The molecule has 0 amide bonds. The maximum Gasteiger partial charge on any atom is -0.00978 e. The van der Waals surface area contributed by atoms with Gasteiger partial charge in [-0.15, -0.1) is 0 Å². The third kappa shape index (κ3) is 3.91. The van der Waals surface area contributed by atoms with Crippen molar-refractivity contribution in [2.24, 2.45) is 17.8 Å². The predicted octanol–water partition coefficient (Wildman–Crippen LogP) is 6.50. The van der Waals surface area contributed by atoms with E-state index in [1.165, 1.54) is 51.4 Å². The Kier molecular flexibility index (Phi) is 6.11. The van der Waals surface area contributed by atoms with E-state index in [0.717, 1.165) is 23.4 Å². The van der Waals surface area contributed by atoms with Crippen LogP contribution in [0.2, 0.25) is 0 Å². The lowest BCUT2D eigenvalue weighted by atomic mass is 9.74. The van der Waals surface area contributed by atoms with E-state index >= 15 is 0 Å². The van der Waals surface area contributed by atoms with Gasteiger partial charge in [0.1, 0.15) is 0 Å². The fourth-order valence-electron chi connectivity index (χ4n) is 5.62. The van der Waals surface area contributed by atoms with E-state index in [9.17, 15) is 0 Å². The van der Waals surface area contributed by atoms with Crippen molar-refractivity contribution in [2.45, 2.75) is 63.9 Å².